The molecule has 2 N–H and O–H groups in total. The second-order valence-electron chi connectivity index (χ2n) is 7.88. The van der Waals surface area contributed by atoms with Crippen molar-refractivity contribution in [2.75, 3.05) is 32.5 Å². The second kappa shape index (κ2) is 7.24. The number of hydrogen-bond acceptors (Lipinski definition) is 5. The third-order valence-electron chi connectivity index (χ3n) is 6.43. The topological polar surface area (TPSA) is 68.5 Å². The molecule has 1 aliphatic carbocycles. The number of piperidine rings is 1. The Bertz CT molecular complexity index is 793. The Hall–Kier alpha value is -1.92. The molecule has 1 saturated heterocycles. The van der Waals surface area contributed by atoms with Crippen LogP contribution in [0.4, 0.5) is 5.13 Å². The number of rotatable bonds is 5. The second-order valence-corrected chi connectivity index (χ2v) is 8.77. The average molecular weight is 386 g/mol. The summed E-state index contributed by atoms with van der Waals surface area (Å²) in [5.41, 5.74) is 7.79. The number of nitrogen functional groups attached to an aromatic ring is 1. The first-order valence-corrected chi connectivity index (χ1v) is 10.5. The van der Waals surface area contributed by atoms with Crippen molar-refractivity contribution in [2.45, 2.75) is 37.5 Å². The zero-order valence-electron chi connectivity index (χ0n) is 15.8. The molecule has 5 nitrogen and oxygen atoms in total. The zero-order chi connectivity index (χ0) is 18.9. The SMILES string of the molecule is COCC1(C(=O)N2CCC(c3ccccc3)(c3csc(N)n3)CC2)CCC1. The lowest BCUT2D eigenvalue weighted by Gasteiger charge is -2.47. The molecule has 1 aliphatic heterocycles. The fourth-order valence-electron chi connectivity index (χ4n) is 4.68. The number of carbonyl (C=O) groups excluding carboxylic acids is 1. The van der Waals surface area contributed by atoms with Crippen LogP contribution in [0.15, 0.2) is 35.7 Å². The van der Waals surface area contributed by atoms with E-state index in [1.54, 1.807) is 7.11 Å². The van der Waals surface area contributed by atoms with Gasteiger partial charge in [0.1, 0.15) is 0 Å². The fraction of sp³-hybridized carbons (Fsp3) is 0.524. The van der Waals surface area contributed by atoms with Crippen LogP contribution < -0.4 is 5.73 Å². The highest BCUT2D eigenvalue weighted by Gasteiger charge is 2.48. The van der Waals surface area contributed by atoms with Gasteiger partial charge in [0.05, 0.1) is 17.7 Å². The average Bonchev–Trinajstić information content (AvgIpc) is 3.12. The van der Waals surface area contributed by atoms with E-state index < -0.39 is 0 Å². The van der Waals surface area contributed by atoms with E-state index in [1.165, 1.54) is 16.9 Å². The summed E-state index contributed by atoms with van der Waals surface area (Å²) in [7, 11) is 1.69. The summed E-state index contributed by atoms with van der Waals surface area (Å²) < 4.78 is 5.37. The molecule has 1 aromatic heterocycles. The van der Waals surface area contributed by atoms with E-state index in [-0.39, 0.29) is 16.7 Å². The highest BCUT2D eigenvalue weighted by molar-refractivity contribution is 7.13. The number of likely N-dealkylation sites (tertiary alicyclic amines) is 1. The van der Waals surface area contributed by atoms with Crippen molar-refractivity contribution in [3.8, 4) is 0 Å². The van der Waals surface area contributed by atoms with Gasteiger partial charge in [-0.1, -0.05) is 36.8 Å². The Morgan fingerprint density at radius 1 is 1.22 bits per heavy atom. The monoisotopic (exact) mass is 385 g/mol. The van der Waals surface area contributed by atoms with Gasteiger partial charge in [0.2, 0.25) is 5.91 Å². The number of benzene rings is 1. The Kier molecular flexibility index (Phi) is 4.95. The van der Waals surface area contributed by atoms with Crippen LogP contribution in [-0.2, 0) is 14.9 Å². The molecule has 6 heteroatoms. The van der Waals surface area contributed by atoms with Crippen LogP contribution in [-0.4, -0.2) is 42.6 Å². The van der Waals surface area contributed by atoms with E-state index >= 15 is 0 Å². The van der Waals surface area contributed by atoms with Crippen LogP contribution in [0.3, 0.4) is 0 Å². The van der Waals surface area contributed by atoms with Crippen molar-refractivity contribution in [1.82, 2.24) is 9.88 Å². The fourth-order valence-corrected chi connectivity index (χ4v) is 5.35. The Morgan fingerprint density at radius 2 is 1.93 bits per heavy atom. The van der Waals surface area contributed by atoms with Gasteiger partial charge in [0.25, 0.3) is 0 Å². The largest absolute Gasteiger partial charge is 0.384 e. The number of thiazole rings is 1. The van der Waals surface area contributed by atoms with Gasteiger partial charge in [-0.15, -0.1) is 11.3 Å². The minimum Gasteiger partial charge on any atom is -0.384 e. The lowest BCUT2D eigenvalue weighted by Crippen LogP contribution is -2.54. The van der Waals surface area contributed by atoms with E-state index in [2.05, 4.69) is 39.5 Å². The third-order valence-corrected chi connectivity index (χ3v) is 7.10. The molecule has 27 heavy (non-hydrogen) atoms. The maximum Gasteiger partial charge on any atom is 0.231 e. The van der Waals surface area contributed by atoms with Gasteiger partial charge in [0, 0.05) is 31.0 Å². The summed E-state index contributed by atoms with van der Waals surface area (Å²) in [5, 5.41) is 2.69. The number of methoxy groups -OCH3 is 1. The highest BCUT2D eigenvalue weighted by Crippen LogP contribution is 2.46. The van der Waals surface area contributed by atoms with Crippen LogP contribution in [0.5, 0.6) is 0 Å². The number of nitrogens with zero attached hydrogens (tertiary/aromatic N) is 2. The van der Waals surface area contributed by atoms with Crippen LogP contribution in [0.25, 0.3) is 0 Å². The number of amides is 1. The number of nitrogens with two attached hydrogens (primary N) is 1. The molecule has 0 atom stereocenters. The zero-order valence-corrected chi connectivity index (χ0v) is 16.6. The summed E-state index contributed by atoms with van der Waals surface area (Å²) in [6, 6.07) is 10.5. The quantitative estimate of drug-likeness (QED) is 0.856. The smallest absolute Gasteiger partial charge is 0.231 e. The van der Waals surface area contributed by atoms with Gasteiger partial charge >= 0.3 is 0 Å². The van der Waals surface area contributed by atoms with Crippen LogP contribution in [0.2, 0.25) is 0 Å². The Labute approximate surface area is 164 Å². The first-order valence-electron chi connectivity index (χ1n) is 9.65. The molecule has 0 spiro atoms. The lowest BCUT2D eigenvalue weighted by atomic mass is 9.67. The van der Waals surface area contributed by atoms with Gasteiger partial charge in [-0.05, 0) is 31.2 Å². The summed E-state index contributed by atoms with van der Waals surface area (Å²) in [6.45, 7) is 2.03. The number of hydrogen-bond donors (Lipinski definition) is 1. The Morgan fingerprint density at radius 3 is 2.44 bits per heavy atom. The summed E-state index contributed by atoms with van der Waals surface area (Å²) >= 11 is 1.49. The summed E-state index contributed by atoms with van der Waals surface area (Å²) in [5.74, 6) is 0.273. The van der Waals surface area contributed by atoms with Gasteiger partial charge in [0.15, 0.2) is 5.13 Å². The van der Waals surface area contributed by atoms with Crippen molar-refractivity contribution >= 4 is 22.4 Å². The van der Waals surface area contributed by atoms with Gasteiger partial charge in [-0.2, -0.15) is 0 Å². The predicted octanol–water partition coefficient (Wildman–Crippen LogP) is 3.45. The van der Waals surface area contributed by atoms with Gasteiger partial charge < -0.3 is 15.4 Å². The van der Waals surface area contributed by atoms with Crippen LogP contribution in [0.1, 0.15) is 43.4 Å². The van der Waals surface area contributed by atoms with Crippen LogP contribution >= 0.6 is 11.3 Å². The van der Waals surface area contributed by atoms with E-state index in [9.17, 15) is 4.79 Å². The van der Waals surface area contributed by atoms with Crippen molar-refractivity contribution in [3.05, 3.63) is 47.0 Å². The van der Waals surface area contributed by atoms with E-state index in [4.69, 9.17) is 10.5 Å². The number of ether oxygens (including phenoxy) is 1. The van der Waals surface area contributed by atoms with Crippen LogP contribution in [0, 0.1) is 5.41 Å². The molecule has 144 valence electrons. The molecule has 2 aliphatic rings. The van der Waals surface area contributed by atoms with E-state index in [0.29, 0.717) is 11.7 Å². The maximum atomic E-state index is 13.2. The predicted molar refractivity (Wildman–Crippen MR) is 108 cm³/mol. The molecule has 0 bridgehead atoms. The molecule has 4 rings (SSSR count). The first kappa shape index (κ1) is 18.4. The van der Waals surface area contributed by atoms with Gasteiger partial charge in [-0.25, -0.2) is 4.98 Å². The summed E-state index contributed by atoms with van der Waals surface area (Å²) in [4.78, 5) is 19.9. The minimum atomic E-state index is -0.285. The number of anilines is 1. The van der Waals surface area contributed by atoms with Gasteiger partial charge in [-0.3, -0.25) is 4.79 Å². The highest BCUT2D eigenvalue weighted by atomic mass is 32.1. The first-order chi connectivity index (χ1) is 13.1. The summed E-state index contributed by atoms with van der Waals surface area (Å²) in [6.07, 6.45) is 4.75. The van der Waals surface area contributed by atoms with Crippen molar-refractivity contribution in [1.29, 1.82) is 0 Å². The number of carbonyl (C=O) groups is 1. The van der Waals surface area contributed by atoms with Crippen molar-refractivity contribution in [2.24, 2.45) is 5.41 Å². The maximum absolute atomic E-state index is 13.2. The normalized spacial score (nSPS) is 20.9. The minimum absolute atomic E-state index is 0.166. The molecule has 1 amide bonds. The molecule has 0 radical (unpaired) electrons. The molecule has 1 aromatic carbocycles. The van der Waals surface area contributed by atoms with Crippen molar-refractivity contribution < 1.29 is 9.53 Å². The lowest BCUT2D eigenvalue weighted by molar-refractivity contribution is -0.153. The molecule has 2 fully saturated rings. The third kappa shape index (κ3) is 3.15. The molecule has 1 saturated carbocycles. The molecular weight excluding hydrogens is 358 g/mol. The molecule has 2 heterocycles. The number of aromatic nitrogens is 1. The molecular formula is C21H27N3O2S. The van der Waals surface area contributed by atoms with Crippen molar-refractivity contribution in [3.63, 3.8) is 0 Å². The Balaban J connectivity index is 1.58. The van der Waals surface area contributed by atoms with E-state index in [0.717, 1.165) is 50.9 Å². The van der Waals surface area contributed by atoms with E-state index in [1.807, 2.05) is 6.07 Å². The standard InChI is InChI=1S/C21H27N3O2S/c1-26-15-20(8-5-9-20)18(25)24-12-10-21(11-13-24,16-6-3-2-4-7-16)17-14-27-19(22)23-17/h2-4,6-7,14H,5,8-13,15H2,1H3,(H2,22,23). The molecule has 0 unspecified atom stereocenters. The molecule has 2 aromatic rings.